The second kappa shape index (κ2) is 5.90. The van der Waals surface area contributed by atoms with Crippen molar-refractivity contribution < 1.29 is 4.74 Å². The zero-order chi connectivity index (χ0) is 13.2. The number of halogens is 2. The predicted octanol–water partition coefficient (Wildman–Crippen LogP) is 3.91. The number of hydrogen-bond donors (Lipinski definition) is 1. The highest BCUT2D eigenvalue weighted by molar-refractivity contribution is 6.30. The van der Waals surface area contributed by atoms with Gasteiger partial charge in [0.05, 0.1) is 6.61 Å². The molecule has 3 rings (SSSR count). The Morgan fingerprint density at radius 1 is 1.26 bits per heavy atom. The Labute approximate surface area is 124 Å². The number of benzene rings is 1. The molecular formula is C15H19Cl2NO. The van der Waals surface area contributed by atoms with E-state index < -0.39 is 0 Å². The highest BCUT2D eigenvalue weighted by atomic mass is 35.5. The van der Waals surface area contributed by atoms with Crippen molar-refractivity contribution >= 4 is 23.2 Å². The smallest absolute Gasteiger partial charge is 0.127 e. The van der Waals surface area contributed by atoms with Crippen LogP contribution in [0.15, 0.2) is 12.1 Å². The summed E-state index contributed by atoms with van der Waals surface area (Å²) in [6.07, 6.45) is 5.76. The lowest BCUT2D eigenvalue weighted by atomic mass is 9.94. The van der Waals surface area contributed by atoms with E-state index in [2.05, 4.69) is 5.32 Å². The molecular weight excluding hydrogens is 281 g/mol. The van der Waals surface area contributed by atoms with E-state index in [4.69, 9.17) is 27.9 Å². The third-order valence-corrected chi connectivity index (χ3v) is 4.80. The molecule has 0 bridgehead atoms. The average molecular weight is 300 g/mol. The Hall–Kier alpha value is -0.440. The van der Waals surface area contributed by atoms with Gasteiger partial charge in [-0.1, -0.05) is 24.4 Å². The SMILES string of the molecule is Clc1cc2c(c(CNC3CCCCC3Cl)c1)OCC2. The van der Waals surface area contributed by atoms with E-state index >= 15 is 0 Å². The fourth-order valence-electron chi connectivity index (χ4n) is 3.03. The lowest BCUT2D eigenvalue weighted by Crippen LogP contribution is -2.38. The van der Waals surface area contributed by atoms with Crippen LogP contribution in [-0.4, -0.2) is 18.0 Å². The maximum atomic E-state index is 6.38. The number of fused-ring (bicyclic) bond motifs is 1. The van der Waals surface area contributed by atoms with Crippen molar-refractivity contribution in [2.45, 2.75) is 50.1 Å². The van der Waals surface area contributed by atoms with Crippen LogP contribution in [-0.2, 0) is 13.0 Å². The number of nitrogens with one attached hydrogen (secondary N) is 1. The van der Waals surface area contributed by atoms with Gasteiger partial charge in [-0.25, -0.2) is 0 Å². The molecule has 1 aromatic rings. The van der Waals surface area contributed by atoms with E-state index in [1.54, 1.807) is 0 Å². The van der Waals surface area contributed by atoms with Gasteiger partial charge < -0.3 is 10.1 Å². The molecule has 1 fully saturated rings. The van der Waals surface area contributed by atoms with Gasteiger partial charge in [-0.3, -0.25) is 0 Å². The summed E-state index contributed by atoms with van der Waals surface area (Å²) in [5.41, 5.74) is 2.39. The first-order valence-corrected chi connectivity index (χ1v) is 7.87. The highest BCUT2D eigenvalue weighted by Crippen LogP contribution is 2.33. The van der Waals surface area contributed by atoms with E-state index in [1.807, 2.05) is 12.1 Å². The first-order chi connectivity index (χ1) is 9.24. The molecule has 1 aliphatic heterocycles. The zero-order valence-electron chi connectivity index (χ0n) is 10.9. The molecule has 2 nitrogen and oxygen atoms in total. The monoisotopic (exact) mass is 299 g/mol. The second-order valence-electron chi connectivity index (χ2n) is 5.44. The molecule has 0 radical (unpaired) electrons. The molecule has 1 saturated carbocycles. The molecule has 1 heterocycles. The summed E-state index contributed by atoms with van der Waals surface area (Å²) in [5.74, 6) is 1.03. The Balaban J connectivity index is 1.70. The van der Waals surface area contributed by atoms with Crippen LogP contribution in [0, 0.1) is 0 Å². The van der Waals surface area contributed by atoms with E-state index in [1.165, 1.54) is 18.4 Å². The Bertz CT molecular complexity index is 464. The molecule has 2 aliphatic rings. The van der Waals surface area contributed by atoms with Crippen molar-refractivity contribution in [1.82, 2.24) is 5.32 Å². The topological polar surface area (TPSA) is 21.3 Å². The van der Waals surface area contributed by atoms with Crippen molar-refractivity contribution in [2.75, 3.05) is 6.61 Å². The Kier molecular flexibility index (Phi) is 4.21. The van der Waals surface area contributed by atoms with Gasteiger partial charge in [0.15, 0.2) is 0 Å². The summed E-state index contributed by atoms with van der Waals surface area (Å²) in [6, 6.07) is 4.43. The maximum Gasteiger partial charge on any atom is 0.127 e. The Morgan fingerprint density at radius 2 is 2.11 bits per heavy atom. The zero-order valence-corrected chi connectivity index (χ0v) is 12.4. The second-order valence-corrected chi connectivity index (χ2v) is 6.44. The van der Waals surface area contributed by atoms with Crippen molar-refractivity contribution in [2.24, 2.45) is 0 Å². The molecule has 0 aromatic heterocycles. The van der Waals surface area contributed by atoms with Crippen molar-refractivity contribution in [3.63, 3.8) is 0 Å². The molecule has 0 saturated heterocycles. The van der Waals surface area contributed by atoms with Crippen LogP contribution < -0.4 is 10.1 Å². The van der Waals surface area contributed by atoms with Gasteiger partial charge in [0.25, 0.3) is 0 Å². The standard InChI is InChI=1S/C15H19Cl2NO/c16-12-7-10-5-6-19-15(10)11(8-12)9-18-14-4-2-1-3-13(14)17/h7-8,13-14,18H,1-6,9H2. The first-order valence-electron chi connectivity index (χ1n) is 7.05. The van der Waals surface area contributed by atoms with Crippen LogP contribution in [0.1, 0.15) is 36.8 Å². The molecule has 4 heteroatoms. The van der Waals surface area contributed by atoms with Crippen LogP contribution in [0.3, 0.4) is 0 Å². The van der Waals surface area contributed by atoms with E-state index in [0.717, 1.165) is 48.7 Å². The number of ether oxygens (including phenoxy) is 1. The van der Waals surface area contributed by atoms with Gasteiger partial charge in [0.2, 0.25) is 0 Å². The van der Waals surface area contributed by atoms with Crippen molar-refractivity contribution in [3.8, 4) is 5.75 Å². The van der Waals surface area contributed by atoms with Gasteiger partial charge in [-0.2, -0.15) is 0 Å². The number of hydrogen-bond acceptors (Lipinski definition) is 2. The van der Waals surface area contributed by atoms with Crippen LogP contribution >= 0.6 is 23.2 Å². The van der Waals surface area contributed by atoms with Gasteiger partial charge in [0, 0.05) is 35.0 Å². The van der Waals surface area contributed by atoms with Gasteiger partial charge in [0.1, 0.15) is 5.75 Å². The minimum absolute atomic E-state index is 0.252. The van der Waals surface area contributed by atoms with Gasteiger partial charge >= 0.3 is 0 Å². The minimum atomic E-state index is 0.252. The van der Waals surface area contributed by atoms with Crippen LogP contribution in [0.4, 0.5) is 0 Å². The molecule has 2 unspecified atom stereocenters. The minimum Gasteiger partial charge on any atom is -0.493 e. The summed E-state index contributed by atoms with van der Waals surface area (Å²) in [6.45, 7) is 1.56. The maximum absolute atomic E-state index is 6.38. The molecule has 1 N–H and O–H groups in total. The molecule has 0 spiro atoms. The van der Waals surface area contributed by atoms with Gasteiger partial charge in [-0.05, 0) is 30.5 Å². The third kappa shape index (κ3) is 3.01. The third-order valence-electron chi connectivity index (χ3n) is 4.06. The van der Waals surface area contributed by atoms with Crippen LogP contribution in [0.25, 0.3) is 0 Å². The lowest BCUT2D eigenvalue weighted by molar-refractivity contribution is 0.346. The molecule has 1 aliphatic carbocycles. The summed E-state index contributed by atoms with van der Waals surface area (Å²) >= 11 is 12.5. The number of rotatable bonds is 3. The predicted molar refractivity (Wildman–Crippen MR) is 79.4 cm³/mol. The van der Waals surface area contributed by atoms with E-state index in [-0.39, 0.29) is 5.38 Å². The lowest BCUT2D eigenvalue weighted by Gasteiger charge is -2.28. The molecule has 104 valence electrons. The molecule has 1 aromatic carbocycles. The fourth-order valence-corrected chi connectivity index (χ4v) is 3.67. The number of alkyl halides is 1. The molecule has 0 amide bonds. The van der Waals surface area contributed by atoms with E-state index in [9.17, 15) is 0 Å². The summed E-state index contributed by atoms with van der Waals surface area (Å²) < 4.78 is 5.72. The summed E-state index contributed by atoms with van der Waals surface area (Å²) in [4.78, 5) is 0. The largest absolute Gasteiger partial charge is 0.493 e. The average Bonchev–Trinajstić information content (AvgIpc) is 2.85. The van der Waals surface area contributed by atoms with Crippen molar-refractivity contribution in [1.29, 1.82) is 0 Å². The summed E-state index contributed by atoms with van der Waals surface area (Å²) in [7, 11) is 0. The molecule has 19 heavy (non-hydrogen) atoms. The van der Waals surface area contributed by atoms with E-state index in [0.29, 0.717) is 6.04 Å². The first kappa shape index (κ1) is 13.5. The Morgan fingerprint density at radius 3 is 2.95 bits per heavy atom. The fraction of sp³-hybridized carbons (Fsp3) is 0.600. The van der Waals surface area contributed by atoms with Crippen molar-refractivity contribution in [3.05, 3.63) is 28.3 Å². The van der Waals surface area contributed by atoms with Crippen LogP contribution in [0.5, 0.6) is 5.75 Å². The highest BCUT2D eigenvalue weighted by Gasteiger charge is 2.24. The normalized spacial score (nSPS) is 26.0. The summed E-state index contributed by atoms with van der Waals surface area (Å²) in [5, 5.41) is 4.62. The quantitative estimate of drug-likeness (QED) is 0.854. The molecule has 2 atom stereocenters. The van der Waals surface area contributed by atoms with Crippen LogP contribution in [0.2, 0.25) is 5.02 Å². The van der Waals surface area contributed by atoms with Gasteiger partial charge in [-0.15, -0.1) is 11.6 Å².